The van der Waals surface area contributed by atoms with Crippen molar-refractivity contribution >= 4 is 5.91 Å². The normalized spacial score (nSPS) is 19.2. The molecule has 1 saturated carbocycles. The van der Waals surface area contributed by atoms with E-state index >= 15 is 0 Å². The number of nitrogens with zero attached hydrogens (tertiary/aromatic N) is 4. The van der Waals surface area contributed by atoms with Crippen molar-refractivity contribution in [1.82, 2.24) is 25.5 Å². The Kier molecular flexibility index (Phi) is 5.27. The van der Waals surface area contributed by atoms with E-state index in [-0.39, 0.29) is 18.1 Å². The number of rotatable bonds is 5. The van der Waals surface area contributed by atoms with Crippen LogP contribution in [0.4, 0.5) is 0 Å². The molecule has 1 aromatic carbocycles. The van der Waals surface area contributed by atoms with Crippen LogP contribution in [0.5, 0.6) is 5.88 Å². The van der Waals surface area contributed by atoms with E-state index in [1.165, 1.54) is 0 Å². The first-order valence-corrected chi connectivity index (χ1v) is 9.31. The molecular formula is C20H21N5O3. The number of hydrogen-bond donors (Lipinski definition) is 1. The summed E-state index contributed by atoms with van der Waals surface area (Å²) in [7, 11) is 0. The molecule has 1 N–H and O–H groups in total. The van der Waals surface area contributed by atoms with E-state index in [0.717, 1.165) is 31.2 Å². The van der Waals surface area contributed by atoms with Gasteiger partial charge >= 0.3 is 0 Å². The second-order valence-electron chi connectivity index (χ2n) is 6.82. The van der Waals surface area contributed by atoms with Crippen LogP contribution in [0, 0.1) is 6.92 Å². The summed E-state index contributed by atoms with van der Waals surface area (Å²) in [6.07, 6.45) is 8.41. The van der Waals surface area contributed by atoms with Gasteiger partial charge in [0, 0.05) is 36.5 Å². The van der Waals surface area contributed by atoms with Gasteiger partial charge in [-0.25, -0.2) is 4.98 Å². The third-order valence-electron chi connectivity index (χ3n) is 4.73. The lowest BCUT2D eigenvalue weighted by Crippen LogP contribution is -2.39. The van der Waals surface area contributed by atoms with Crippen molar-refractivity contribution < 1.29 is 13.9 Å². The molecule has 0 spiro atoms. The number of nitrogens with one attached hydrogen (secondary N) is 1. The Morgan fingerprint density at radius 3 is 2.75 bits per heavy atom. The first kappa shape index (κ1) is 18.1. The van der Waals surface area contributed by atoms with Crippen LogP contribution in [0.3, 0.4) is 0 Å². The second kappa shape index (κ2) is 8.16. The predicted octanol–water partition coefficient (Wildman–Crippen LogP) is 2.96. The summed E-state index contributed by atoms with van der Waals surface area (Å²) in [4.78, 5) is 20.8. The van der Waals surface area contributed by atoms with E-state index in [1.54, 1.807) is 37.6 Å². The second-order valence-corrected chi connectivity index (χ2v) is 6.82. The van der Waals surface area contributed by atoms with Crippen molar-refractivity contribution in [2.45, 2.75) is 44.8 Å². The largest absolute Gasteiger partial charge is 0.473 e. The van der Waals surface area contributed by atoms with E-state index < -0.39 is 0 Å². The van der Waals surface area contributed by atoms with Gasteiger partial charge in [0.05, 0.1) is 6.20 Å². The van der Waals surface area contributed by atoms with E-state index in [4.69, 9.17) is 9.15 Å². The highest BCUT2D eigenvalue weighted by Crippen LogP contribution is 2.23. The van der Waals surface area contributed by atoms with Gasteiger partial charge < -0.3 is 14.5 Å². The zero-order valence-corrected chi connectivity index (χ0v) is 15.5. The Hall–Kier alpha value is -3.29. The molecule has 8 nitrogen and oxygen atoms in total. The lowest BCUT2D eigenvalue weighted by Gasteiger charge is -2.29. The van der Waals surface area contributed by atoms with Crippen LogP contribution in [0.25, 0.3) is 11.5 Å². The minimum atomic E-state index is -0.101. The fraction of sp³-hybridized carbons (Fsp3) is 0.350. The Morgan fingerprint density at radius 1 is 1.18 bits per heavy atom. The molecule has 2 aromatic heterocycles. The Morgan fingerprint density at radius 2 is 2.04 bits per heavy atom. The predicted molar refractivity (Wildman–Crippen MR) is 101 cm³/mol. The minimum Gasteiger partial charge on any atom is -0.473 e. The molecule has 1 aliphatic carbocycles. The van der Waals surface area contributed by atoms with Crippen molar-refractivity contribution in [2.75, 3.05) is 0 Å². The lowest BCUT2D eigenvalue weighted by atomic mass is 9.92. The maximum absolute atomic E-state index is 12.6. The molecule has 0 unspecified atom stereocenters. The lowest BCUT2D eigenvalue weighted by molar-refractivity contribution is 0.0890. The van der Waals surface area contributed by atoms with Crippen LogP contribution in [0.2, 0.25) is 0 Å². The average molecular weight is 379 g/mol. The summed E-state index contributed by atoms with van der Waals surface area (Å²) in [6.45, 7) is 1.73. The van der Waals surface area contributed by atoms with Crippen molar-refractivity contribution in [3.63, 3.8) is 0 Å². The number of carbonyl (C=O) groups excluding carboxylic acids is 1. The van der Waals surface area contributed by atoms with Crippen LogP contribution in [-0.4, -0.2) is 38.2 Å². The summed E-state index contributed by atoms with van der Waals surface area (Å²) in [5, 5.41) is 10.9. The molecule has 0 saturated heterocycles. The quantitative estimate of drug-likeness (QED) is 0.727. The number of benzene rings is 1. The van der Waals surface area contributed by atoms with Crippen LogP contribution >= 0.6 is 0 Å². The van der Waals surface area contributed by atoms with Crippen LogP contribution in [0.15, 0.2) is 47.3 Å². The fourth-order valence-corrected chi connectivity index (χ4v) is 3.32. The molecule has 2 heterocycles. The van der Waals surface area contributed by atoms with Gasteiger partial charge in [0.1, 0.15) is 6.10 Å². The van der Waals surface area contributed by atoms with Gasteiger partial charge in [0.15, 0.2) is 0 Å². The number of aromatic nitrogens is 4. The summed E-state index contributed by atoms with van der Waals surface area (Å²) >= 11 is 0. The van der Waals surface area contributed by atoms with Gasteiger partial charge in [-0.2, -0.15) is 0 Å². The molecular weight excluding hydrogens is 358 g/mol. The molecule has 1 aliphatic rings. The Bertz CT molecular complexity index is 936. The zero-order valence-electron chi connectivity index (χ0n) is 15.5. The third kappa shape index (κ3) is 4.33. The zero-order chi connectivity index (χ0) is 19.3. The van der Waals surface area contributed by atoms with Gasteiger partial charge in [0.25, 0.3) is 5.91 Å². The first-order valence-electron chi connectivity index (χ1n) is 9.31. The van der Waals surface area contributed by atoms with E-state index in [9.17, 15) is 4.79 Å². The highest BCUT2D eigenvalue weighted by molar-refractivity contribution is 5.95. The summed E-state index contributed by atoms with van der Waals surface area (Å²) in [5.74, 6) is 1.35. The molecule has 1 amide bonds. The van der Waals surface area contributed by atoms with Crippen LogP contribution < -0.4 is 10.1 Å². The molecule has 28 heavy (non-hydrogen) atoms. The van der Waals surface area contributed by atoms with E-state index in [0.29, 0.717) is 23.2 Å². The fourth-order valence-electron chi connectivity index (χ4n) is 3.32. The standard InChI is InChI=1S/C20H21N5O3/c1-13-24-25-20(27-13)15-4-2-3-14(11-15)19(26)23-16-5-7-17(8-6-16)28-18-12-21-9-10-22-18/h2-4,9-12,16-17H,5-8H2,1H3,(H,23,26). The Balaban J connectivity index is 1.32. The first-order chi connectivity index (χ1) is 13.7. The van der Waals surface area contributed by atoms with E-state index in [1.807, 2.05) is 12.1 Å². The molecule has 0 bridgehead atoms. The molecule has 0 radical (unpaired) electrons. The van der Waals surface area contributed by atoms with Crippen molar-refractivity contribution in [2.24, 2.45) is 0 Å². The summed E-state index contributed by atoms with van der Waals surface area (Å²) in [6, 6.07) is 7.34. The van der Waals surface area contributed by atoms with Crippen molar-refractivity contribution in [3.05, 3.63) is 54.3 Å². The minimum absolute atomic E-state index is 0.101. The van der Waals surface area contributed by atoms with Crippen LogP contribution in [-0.2, 0) is 0 Å². The van der Waals surface area contributed by atoms with Gasteiger partial charge in [-0.1, -0.05) is 6.07 Å². The molecule has 0 aliphatic heterocycles. The van der Waals surface area contributed by atoms with Gasteiger partial charge in [0.2, 0.25) is 17.7 Å². The third-order valence-corrected chi connectivity index (χ3v) is 4.73. The average Bonchev–Trinajstić information content (AvgIpc) is 3.17. The van der Waals surface area contributed by atoms with Gasteiger partial charge in [-0.3, -0.25) is 9.78 Å². The molecule has 0 atom stereocenters. The SMILES string of the molecule is Cc1nnc(-c2cccc(C(=O)NC3CCC(Oc4cnccn4)CC3)c2)o1. The smallest absolute Gasteiger partial charge is 0.251 e. The summed E-state index contributed by atoms with van der Waals surface area (Å²) in [5.41, 5.74) is 1.31. The number of ether oxygens (including phenoxy) is 1. The molecule has 4 rings (SSSR count). The topological polar surface area (TPSA) is 103 Å². The Labute approximate surface area is 162 Å². The van der Waals surface area contributed by atoms with E-state index in [2.05, 4.69) is 25.5 Å². The maximum Gasteiger partial charge on any atom is 0.251 e. The van der Waals surface area contributed by atoms with Crippen LogP contribution in [0.1, 0.15) is 41.9 Å². The van der Waals surface area contributed by atoms with Gasteiger partial charge in [-0.05, 0) is 43.9 Å². The highest BCUT2D eigenvalue weighted by Gasteiger charge is 2.24. The van der Waals surface area contributed by atoms with Gasteiger partial charge in [-0.15, -0.1) is 10.2 Å². The number of carbonyl (C=O) groups is 1. The number of amides is 1. The highest BCUT2D eigenvalue weighted by atomic mass is 16.5. The molecule has 1 fully saturated rings. The monoisotopic (exact) mass is 379 g/mol. The molecule has 144 valence electrons. The number of aryl methyl sites for hydroxylation is 1. The molecule has 3 aromatic rings. The number of hydrogen-bond acceptors (Lipinski definition) is 7. The molecule has 8 heteroatoms. The summed E-state index contributed by atoms with van der Waals surface area (Å²) < 4.78 is 11.3. The van der Waals surface area contributed by atoms with Crippen molar-refractivity contribution in [1.29, 1.82) is 0 Å². The maximum atomic E-state index is 12.6. The van der Waals surface area contributed by atoms with Crippen molar-refractivity contribution in [3.8, 4) is 17.3 Å².